The third-order valence-electron chi connectivity index (χ3n) is 2.56. The summed E-state index contributed by atoms with van der Waals surface area (Å²) >= 11 is 5.37. The fraction of sp³-hybridized carbons (Fsp3) is 0.0714. The summed E-state index contributed by atoms with van der Waals surface area (Å²) in [7, 11) is 0. The molecule has 0 N–H and O–H groups in total. The van der Waals surface area contributed by atoms with E-state index in [4.69, 9.17) is 11.6 Å². The van der Waals surface area contributed by atoms with Crippen molar-refractivity contribution in [1.82, 2.24) is 0 Å². The molecule has 2 aromatic rings. The second-order valence-corrected chi connectivity index (χ2v) is 3.99. The lowest BCUT2D eigenvalue weighted by atomic mass is 9.98. The minimum Gasteiger partial charge on any atom is -0.276 e. The molecule has 0 spiro atoms. The van der Waals surface area contributed by atoms with Crippen LogP contribution in [0, 0.1) is 0 Å². The molecule has 2 aromatic carbocycles. The van der Waals surface area contributed by atoms with E-state index in [1.165, 1.54) is 6.07 Å². The van der Waals surface area contributed by atoms with Gasteiger partial charge in [0.15, 0.2) is 0 Å². The third-order valence-corrected chi connectivity index (χ3v) is 2.78. The van der Waals surface area contributed by atoms with Crippen LogP contribution >= 0.6 is 11.6 Å². The molecule has 17 heavy (non-hydrogen) atoms. The number of hydrogen-bond acceptors (Lipinski definition) is 1. The standard InChI is InChI=1S/C14H10ClFO/c15-14(17)11-6-7-13(12(8-11)9-16)10-4-2-1-3-5-10/h1-8H,9H2. The minimum absolute atomic E-state index is 0.319. The number of carbonyl (C=O) groups excluding carboxylic acids is 1. The molecule has 0 heterocycles. The summed E-state index contributed by atoms with van der Waals surface area (Å²) in [5, 5.41) is -0.570. The number of carbonyl (C=O) groups is 1. The molecule has 0 unspecified atom stereocenters. The van der Waals surface area contributed by atoms with Gasteiger partial charge in [0.25, 0.3) is 5.24 Å². The van der Waals surface area contributed by atoms with Crippen LogP contribution in [0.3, 0.4) is 0 Å². The van der Waals surface area contributed by atoms with Crippen molar-refractivity contribution in [2.75, 3.05) is 0 Å². The van der Waals surface area contributed by atoms with Gasteiger partial charge in [-0.1, -0.05) is 36.4 Å². The molecule has 0 aliphatic carbocycles. The molecule has 0 aliphatic rings. The van der Waals surface area contributed by atoms with E-state index < -0.39 is 11.9 Å². The van der Waals surface area contributed by atoms with Crippen molar-refractivity contribution < 1.29 is 9.18 Å². The molecule has 0 atom stereocenters. The van der Waals surface area contributed by atoms with E-state index in [0.717, 1.165) is 11.1 Å². The average molecular weight is 249 g/mol. The first-order chi connectivity index (χ1) is 8.22. The van der Waals surface area contributed by atoms with Crippen LogP contribution in [0.1, 0.15) is 15.9 Å². The zero-order valence-corrected chi connectivity index (χ0v) is 9.75. The van der Waals surface area contributed by atoms with Crippen molar-refractivity contribution in [1.29, 1.82) is 0 Å². The van der Waals surface area contributed by atoms with Crippen molar-refractivity contribution in [2.45, 2.75) is 6.67 Å². The van der Waals surface area contributed by atoms with Crippen molar-refractivity contribution >= 4 is 16.8 Å². The summed E-state index contributed by atoms with van der Waals surface area (Å²) in [4.78, 5) is 11.0. The highest BCUT2D eigenvalue weighted by molar-refractivity contribution is 6.67. The van der Waals surface area contributed by atoms with Crippen molar-refractivity contribution in [2.24, 2.45) is 0 Å². The molecule has 3 heteroatoms. The number of alkyl halides is 1. The first kappa shape index (κ1) is 11.8. The van der Waals surface area contributed by atoms with Gasteiger partial charge in [0.05, 0.1) is 0 Å². The topological polar surface area (TPSA) is 17.1 Å². The summed E-state index contributed by atoms with van der Waals surface area (Å²) in [5.41, 5.74) is 2.50. The molecule has 0 saturated heterocycles. The summed E-state index contributed by atoms with van der Waals surface area (Å²) in [5.74, 6) is 0. The van der Waals surface area contributed by atoms with Crippen LogP contribution in [-0.4, -0.2) is 5.24 Å². The second-order valence-electron chi connectivity index (χ2n) is 3.65. The highest BCUT2D eigenvalue weighted by atomic mass is 35.5. The van der Waals surface area contributed by atoms with Crippen LogP contribution in [0.15, 0.2) is 48.5 Å². The van der Waals surface area contributed by atoms with E-state index in [1.54, 1.807) is 12.1 Å². The second kappa shape index (κ2) is 5.11. The van der Waals surface area contributed by atoms with Crippen LogP contribution in [-0.2, 0) is 6.67 Å². The van der Waals surface area contributed by atoms with E-state index in [-0.39, 0.29) is 0 Å². The van der Waals surface area contributed by atoms with Gasteiger partial charge in [0.1, 0.15) is 6.67 Å². The van der Waals surface area contributed by atoms with Gasteiger partial charge in [-0.05, 0) is 40.4 Å². The van der Waals surface area contributed by atoms with Crippen molar-refractivity contribution in [3.63, 3.8) is 0 Å². The Morgan fingerprint density at radius 1 is 1.12 bits per heavy atom. The maximum Gasteiger partial charge on any atom is 0.252 e. The lowest BCUT2D eigenvalue weighted by molar-refractivity contribution is 0.108. The van der Waals surface area contributed by atoms with E-state index in [1.807, 2.05) is 30.3 Å². The monoisotopic (exact) mass is 248 g/mol. The lowest BCUT2D eigenvalue weighted by Gasteiger charge is -2.08. The Morgan fingerprint density at radius 2 is 1.82 bits per heavy atom. The summed E-state index contributed by atoms with van der Waals surface area (Å²) in [6.45, 7) is -0.623. The average Bonchev–Trinajstić information content (AvgIpc) is 2.39. The predicted molar refractivity (Wildman–Crippen MR) is 66.9 cm³/mol. The molecule has 1 nitrogen and oxygen atoms in total. The molecule has 0 aliphatic heterocycles. The summed E-state index contributed by atoms with van der Waals surface area (Å²) in [6, 6.07) is 14.3. The Hall–Kier alpha value is -1.67. The van der Waals surface area contributed by atoms with E-state index >= 15 is 0 Å². The zero-order chi connectivity index (χ0) is 12.3. The molecule has 0 saturated carbocycles. The van der Waals surface area contributed by atoms with Crippen LogP contribution in [0.4, 0.5) is 4.39 Å². The van der Waals surface area contributed by atoms with E-state index in [0.29, 0.717) is 11.1 Å². The van der Waals surface area contributed by atoms with E-state index in [9.17, 15) is 9.18 Å². The summed E-state index contributed by atoms with van der Waals surface area (Å²) in [6.07, 6.45) is 0. The molecule has 0 aromatic heterocycles. The van der Waals surface area contributed by atoms with Gasteiger partial charge < -0.3 is 0 Å². The molecule has 0 radical (unpaired) electrons. The minimum atomic E-state index is -0.623. The number of rotatable bonds is 3. The Kier molecular flexibility index (Phi) is 3.55. The fourth-order valence-electron chi connectivity index (χ4n) is 1.73. The highest BCUT2D eigenvalue weighted by Crippen LogP contribution is 2.25. The van der Waals surface area contributed by atoms with Crippen LogP contribution in [0.2, 0.25) is 0 Å². The molecular formula is C14H10ClFO. The summed E-state index contributed by atoms with van der Waals surface area (Å²) < 4.78 is 13.0. The van der Waals surface area contributed by atoms with Gasteiger partial charge >= 0.3 is 0 Å². The normalized spacial score (nSPS) is 10.2. The Morgan fingerprint density at radius 3 is 2.41 bits per heavy atom. The predicted octanol–water partition coefficient (Wildman–Crippen LogP) is 4.20. The molecule has 2 rings (SSSR count). The smallest absolute Gasteiger partial charge is 0.252 e. The SMILES string of the molecule is O=C(Cl)c1ccc(-c2ccccc2)c(CF)c1. The van der Waals surface area contributed by atoms with Crippen LogP contribution < -0.4 is 0 Å². The number of hydrogen-bond donors (Lipinski definition) is 0. The van der Waals surface area contributed by atoms with Gasteiger partial charge in [-0.2, -0.15) is 0 Å². The number of halogens is 2. The Labute approximate surface area is 104 Å². The fourth-order valence-corrected chi connectivity index (χ4v) is 1.84. The van der Waals surface area contributed by atoms with Gasteiger partial charge in [-0.3, -0.25) is 4.79 Å². The number of benzene rings is 2. The van der Waals surface area contributed by atoms with Crippen molar-refractivity contribution in [3.05, 3.63) is 59.7 Å². The van der Waals surface area contributed by atoms with Gasteiger partial charge in [0.2, 0.25) is 0 Å². The first-order valence-electron chi connectivity index (χ1n) is 5.16. The van der Waals surface area contributed by atoms with Crippen molar-refractivity contribution in [3.8, 4) is 11.1 Å². The molecule has 0 bridgehead atoms. The molecule has 0 fully saturated rings. The van der Waals surface area contributed by atoms with Crippen LogP contribution in [0.25, 0.3) is 11.1 Å². The quantitative estimate of drug-likeness (QED) is 0.744. The lowest BCUT2D eigenvalue weighted by Crippen LogP contribution is -1.93. The highest BCUT2D eigenvalue weighted by Gasteiger charge is 2.09. The van der Waals surface area contributed by atoms with Gasteiger partial charge in [-0.25, -0.2) is 4.39 Å². The van der Waals surface area contributed by atoms with E-state index in [2.05, 4.69) is 0 Å². The first-order valence-corrected chi connectivity index (χ1v) is 5.54. The maximum atomic E-state index is 13.0. The molecular weight excluding hydrogens is 239 g/mol. The maximum absolute atomic E-state index is 13.0. The Bertz CT molecular complexity index is 537. The largest absolute Gasteiger partial charge is 0.276 e. The molecule has 0 amide bonds. The zero-order valence-electron chi connectivity index (χ0n) is 8.99. The molecule has 86 valence electrons. The van der Waals surface area contributed by atoms with Crippen LogP contribution in [0.5, 0.6) is 0 Å². The Balaban J connectivity index is 2.52. The van der Waals surface area contributed by atoms with Gasteiger partial charge in [0, 0.05) is 5.56 Å². The third kappa shape index (κ3) is 2.53. The van der Waals surface area contributed by atoms with Gasteiger partial charge in [-0.15, -0.1) is 0 Å².